The van der Waals surface area contributed by atoms with Gasteiger partial charge in [-0.2, -0.15) is 0 Å². The smallest absolute Gasteiger partial charge is 0.240 e. The first-order valence-electron chi connectivity index (χ1n) is 6.39. The largest absolute Gasteiger partial charge is 0.399 e. The normalized spacial score (nSPS) is 11.7. The minimum Gasteiger partial charge on any atom is -0.399 e. The summed E-state index contributed by atoms with van der Waals surface area (Å²) >= 11 is 0. The molecule has 0 aliphatic rings. The second-order valence-electron chi connectivity index (χ2n) is 4.33. The number of unbranched alkanes of at least 4 members (excludes halogenated alkanes) is 2. The van der Waals surface area contributed by atoms with Crippen LogP contribution in [-0.2, 0) is 16.4 Å². The van der Waals surface area contributed by atoms with E-state index in [1.165, 1.54) is 6.07 Å². The average Bonchev–Trinajstić information content (AvgIpc) is 2.35. The Morgan fingerprint density at radius 3 is 2.56 bits per heavy atom. The summed E-state index contributed by atoms with van der Waals surface area (Å²) in [6.07, 6.45) is 3.63. The summed E-state index contributed by atoms with van der Waals surface area (Å²) < 4.78 is 26.9. The van der Waals surface area contributed by atoms with Gasteiger partial charge in [-0.25, -0.2) is 13.1 Å². The molecule has 0 aromatic heterocycles. The SMILES string of the molecule is CCCCCNS(=O)(=O)c1cc(N)ccc1CC. The van der Waals surface area contributed by atoms with Gasteiger partial charge >= 0.3 is 0 Å². The summed E-state index contributed by atoms with van der Waals surface area (Å²) in [5, 5.41) is 0. The zero-order valence-corrected chi connectivity index (χ0v) is 11.9. The van der Waals surface area contributed by atoms with Gasteiger partial charge in [0.15, 0.2) is 0 Å². The Balaban J connectivity index is 2.87. The lowest BCUT2D eigenvalue weighted by Crippen LogP contribution is -2.25. The first-order chi connectivity index (χ1) is 8.51. The first-order valence-corrected chi connectivity index (χ1v) is 7.87. The molecule has 1 aromatic rings. The topological polar surface area (TPSA) is 72.2 Å². The zero-order chi connectivity index (χ0) is 13.6. The molecule has 0 bridgehead atoms. The number of hydrogen-bond donors (Lipinski definition) is 2. The Morgan fingerprint density at radius 2 is 1.94 bits per heavy atom. The molecule has 1 aromatic carbocycles. The van der Waals surface area contributed by atoms with Gasteiger partial charge in [0.25, 0.3) is 0 Å². The summed E-state index contributed by atoms with van der Waals surface area (Å²) in [7, 11) is -3.44. The molecule has 0 aliphatic carbocycles. The Kier molecular flexibility index (Phi) is 5.62. The van der Waals surface area contributed by atoms with E-state index in [1.54, 1.807) is 12.1 Å². The fourth-order valence-corrected chi connectivity index (χ4v) is 3.19. The number of sulfonamides is 1. The van der Waals surface area contributed by atoms with Gasteiger partial charge in [0.2, 0.25) is 10.0 Å². The molecular formula is C13H22N2O2S. The van der Waals surface area contributed by atoms with E-state index in [9.17, 15) is 8.42 Å². The monoisotopic (exact) mass is 270 g/mol. The van der Waals surface area contributed by atoms with E-state index in [4.69, 9.17) is 5.73 Å². The molecule has 0 spiro atoms. The maximum Gasteiger partial charge on any atom is 0.240 e. The van der Waals surface area contributed by atoms with Crippen LogP contribution in [0.15, 0.2) is 23.1 Å². The molecule has 0 unspecified atom stereocenters. The van der Waals surface area contributed by atoms with Gasteiger partial charge in [0, 0.05) is 12.2 Å². The number of aryl methyl sites for hydroxylation is 1. The van der Waals surface area contributed by atoms with Crippen LogP contribution in [0.2, 0.25) is 0 Å². The highest BCUT2D eigenvalue weighted by atomic mass is 32.2. The lowest BCUT2D eigenvalue weighted by Gasteiger charge is -2.11. The van der Waals surface area contributed by atoms with E-state index in [0.29, 0.717) is 23.5 Å². The number of benzene rings is 1. The van der Waals surface area contributed by atoms with Crippen molar-refractivity contribution in [1.82, 2.24) is 4.72 Å². The van der Waals surface area contributed by atoms with Crippen LogP contribution in [0.1, 0.15) is 38.7 Å². The molecule has 0 fully saturated rings. The van der Waals surface area contributed by atoms with E-state index in [1.807, 2.05) is 6.92 Å². The van der Waals surface area contributed by atoms with E-state index in [-0.39, 0.29) is 0 Å². The number of anilines is 1. The molecule has 0 aliphatic heterocycles. The second kappa shape index (κ2) is 6.75. The fourth-order valence-electron chi connectivity index (χ4n) is 1.77. The number of hydrogen-bond acceptors (Lipinski definition) is 3. The predicted octanol–water partition coefficient (Wildman–Crippen LogP) is 2.30. The average molecular weight is 270 g/mol. The van der Waals surface area contributed by atoms with Gasteiger partial charge in [-0.15, -0.1) is 0 Å². The van der Waals surface area contributed by atoms with Crippen LogP contribution in [-0.4, -0.2) is 15.0 Å². The van der Waals surface area contributed by atoms with Crippen molar-refractivity contribution in [2.75, 3.05) is 12.3 Å². The highest BCUT2D eigenvalue weighted by molar-refractivity contribution is 7.89. The van der Waals surface area contributed by atoms with Crippen molar-refractivity contribution in [3.05, 3.63) is 23.8 Å². The Morgan fingerprint density at radius 1 is 1.22 bits per heavy atom. The van der Waals surface area contributed by atoms with Crippen LogP contribution in [0.4, 0.5) is 5.69 Å². The van der Waals surface area contributed by atoms with E-state index < -0.39 is 10.0 Å². The van der Waals surface area contributed by atoms with E-state index in [0.717, 1.165) is 24.8 Å². The van der Waals surface area contributed by atoms with E-state index in [2.05, 4.69) is 11.6 Å². The van der Waals surface area contributed by atoms with Crippen molar-refractivity contribution < 1.29 is 8.42 Å². The van der Waals surface area contributed by atoms with Gasteiger partial charge in [-0.3, -0.25) is 0 Å². The summed E-state index contributed by atoms with van der Waals surface area (Å²) in [6, 6.07) is 5.03. The van der Waals surface area contributed by atoms with Crippen LogP contribution in [0.3, 0.4) is 0 Å². The lowest BCUT2D eigenvalue weighted by atomic mass is 10.1. The van der Waals surface area contributed by atoms with Gasteiger partial charge in [0.1, 0.15) is 0 Å². The molecule has 0 atom stereocenters. The van der Waals surface area contributed by atoms with Crippen molar-refractivity contribution >= 4 is 15.7 Å². The molecule has 0 heterocycles. The number of rotatable bonds is 7. The molecule has 18 heavy (non-hydrogen) atoms. The van der Waals surface area contributed by atoms with Gasteiger partial charge in [-0.1, -0.05) is 32.8 Å². The molecule has 5 heteroatoms. The van der Waals surface area contributed by atoms with Crippen LogP contribution >= 0.6 is 0 Å². The van der Waals surface area contributed by atoms with E-state index >= 15 is 0 Å². The molecular weight excluding hydrogens is 248 g/mol. The highest BCUT2D eigenvalue weighted by Crippen LogP contribution is 2.19. The third-order valence-corrected chi connectivity index (χ3v) is 4.38. The number of nitrogen functional groups attached to an aromatic ring is 1. The maximum absolute atomic E-state index is 12.2. The van der Waals surface area contributed by atoms with Crippen molar-refractivity contribution in [3.63, 3.8) is 0 Å². The van der Waals surface area contributed by atoms with Crippen molar-refractivity contribution in [1.29, 1.82) is 0 Å². The molecule has 0 amide bonds. The van der Waals surface area contributed by atoms with Crippen molar-refractivity contribution in [2.24, 2.45) is 0 Å². The molecule has 3 N–H and O–H groups in total. The predicted molar refractivity (Wildman–Crippen MR) is 74.9 cm³/mol. The van der Waals surface area contributed by atoms with Crippen LogP contribution < -0.4 is 10.5 Å². The van der Waals surface area contributed by atoms with Gasteiger partial charge in [-0.05, 0) is 30.5 Å². The summed E-state index contributed by atoms with van der Waals surface area (Å²) in [5.41, 5.74) is 6.93. The van der Waals surface area contributed by atoms with Crippen molar-refractivity contribution in [2.45, 2.75) is 44.4 Å². The Hall–Kier alpha value is -1.07. The minimum absolute atomic E-state index is 0.307. The zero-order valence-electron chi connectivity index (χ0n) is 11.1. The van der Waals surface area contributed by atoms with Crippen LogP contribution in [0.5, 0.6) is 0 Å². The first kappa shape index (κ1) is 15.0. The summed E-state index contributed by atoms with van der Waals surface area (Å²) in [5.74, 6) is 0. The summed E-state index contributed by atoms with van der Waals surface area (Å²) in [4.78, 5) is 0.307. The Bertz CT molecular complexity index is 484. The standard InChI is InChI=1S/C13H22N2O2S/c1-3-5-6-9-15-18(16,17)13-10-12(14)8-7-11(13)4-2/h7-8,10,15H,3-6,9,14H2,1-2H3. The molecule has 0 radical (unpaired) electrons. The van der Waals surface area contributed by atoms with Gasteiger partial charge < -0.3 is 5.73 Å². The lowest BCUT2D eigenvalue weighted by molar-refractivity contribution is 0.575. The molecule has 0 saturated carbocycles. The summed E-state index contributed by atoms with van der Waals surface area (Å²) in [6.45, 7) is 4.50. The second-order valence-corrected chi connectivity index (χ2v) is 6.06. The maximum atomic E-state index is 12.2. The Labute approximate surface area is 110 Å². The molecule has 0 saturated heterocycles. The van der Waals surface area contributed by atoms with Crippen LogP contribution in [0, 0.1) is 0 Å². The minimum atomic E-state index is -3.44. The highest BCUT2D eigenvalue weighted by Gasteiger charge is 2.17. The molecule has 4 nitrogen and oxygen atoms in total. The van der Waals surface area contributed by atoms with Crippen LogP contribution in [0.25, 0.3) is 0 Å². The fraction of sp³-hybridized carbons (Fsp3) is 0.538. The molecule has 1 rings (SSSR count). The number of nitrogens with one attached hydrogen (secondary N) is 1. The quantitative estimate of drug-likeness (QED) is 0.590. The number of nitrogens with two attached hydrogens (primary N) is 1. The molecule has 102 valence electrons. The third-order valence-electron chi connectivity index (χ3n) is 2.83. The van der Waals surface area contributed by atoms with Gasteiger partial charge in [0.05, 0.1) is 4.90 Å². The third kappa shape index (κ3) is 3.99. The van der Waals surface area contributed by atoms with Crippen molar-refractivity contribution in [3.8, 4) is 0 Å².